The highest BCUT2D eigenvalue weighted by Gasteiger charge is 2.45. The number of aliphatic carboxylic acids is 1. The number of carboxylic acids is 1. The van der Waals surface area contributed by atoms with Crippen molar-refractivity contribution in [2.75, 3.05) is 0 Å². The molecule has 0 aromatic heterocycles. The Labute approximate surface area is 141 Å². The van der Waals surface area contributed by atoms with Gasteiger partial charge in [0.05, 0.1) is 0 Å². The maximum absolute atomic E-state index is 9.00. The van der Waals surface area contributed by atoms with Crippen molar-refractivity contribution < 1.29 is 9.90 Å². The van der Waals surface area contributed by atoms with Crippen molar-refractivity contribution in [1.82, 2.24) is 0 Å². The van der Waals surface area contributed by atoms with Gasteiger partial charge in [0, 0.05) is 13.0 Å². The second kappa shape index (κ2) is 7.55. The van der Waals surface area contributed by atoms with E-state index in [9.17, 15) is 0 Å². The van der Waals surface area contributed by atoms with E-state index < -0.39 is 5.97 Å². The van der Waals surface area contributed by atoms with E-state index in [1.165, 1.54) is 38.5 Å². The lowest BCUT2D eigenvalue weighted by atomic mass is 9.54. The molecule has 0 aromatic rings. The molecule has 3 heteroatoms. The minimum absolute atomic E-state index is 0.537. The lowest BCUT2D eigenvalue weighted by molar-refractivity contribution is -0.134. The molecule has 0 amide bonds. The summed E-state index contributed by atoms with van der Waals surface area (Å²) in [5.74, 6) is 5.56. The van der Waals surface area contributed by atoms with Gasteiger partial charge in [0.2, 0.25) is 0 Å². The summed E-state index contributed by atoms with van der Waals surface area (Å²) in [4.78, 5) is 9.00. The Balaban J connectivity index is 0.000000354. The number of rotatable bonds is 1. The molecule has 0 aliphatic heterocycles. The Morgan fingerprint density at radius 2 is 1.30 bits per heavy atom. The summed E-state index contributed by atoms with van der Waals surface area (Å²) in [5.41, 5.74) is 6.31. The van der Waals surface area contributed by atoms with E-state index in [2.05, 4.69) is 0 Å². The van der Waals surface area contributed by atoms with Gasteiger partial charge in [-0.05, 0) is 67.6 Å². The van der Waals surface area contributed by atoms with E-state index in [0.717, 1.165) is 42.4 Å². The summed E-state index contributed by atoms with van der Waals surface area (Å²) in [5, 5.41) is 7.42. The van der Waals surface area contributed by atoms with Gasteiger partial charge in [0.25, 0.3) is 5.97 Å². The normalized spacial score (nSPS) is 45.6. The van der Waals surface area contributed by atoms with Crippen LogP contribution in [-0.2, 0) is 4.79 Å². The third kappa shape index (κ3) is 4.29. The van der Waals surface area contributed by atoms with E-state index in [0.29, 0.717) is 6.04 Å². The van der Waals surface area contributed by atoms with Crippen LogP contribution in [0.3, 0.4) is 0 Å². The van der Waals surface area contributed by atoms with Gasteiger partial charge in [0.1, 0.15) is 0 Å². The standard InChI is InChI=1S/C18H31N.C2H4O2/c19-17-10-14-5-2-6-15(11-17)18(14)16-8-12-3-1-4-13(7-12)9-16;1-2(3)4/h12-18H,1-11,19H2;1H3,(H,3,4). The molecule has 3 N–H and O–H groups in total. The van der Waals surface area contributed by atoms with Crippen LogP contribution in [-0.4, -0.2) is 17.1 Å². The number of fused-ring (bicyclic) bond motifs is 4. The predicted octanol–water partition coefficient (Wildman–Crippen LogP) is 4.45. The minimum atomic E-state index is -0.833. The molecule has 0 radical (unpaired) electrons. The lowest BCUT2D eigenvalue weighted by Crippen LogP contribution is -2.46. The van der Waals surface area contributed by atoms with Crippen molar-refractivity contribution in [2.24, 2.45) is 41.2 Å². The smallest absolute Gasteiger partial charge is 0.300 e. The van der Waals surface area contributed by atoms with Crippen LogP contribution >= 0.6 is 0 Å². The van der Waals surface area contributed by atoms with Gasteiger partial charge in [-0.3, -0.25) is 4.79 Å². The maximum Gasteiger partial charge on any atom is 0.300 e. The molecule has 4 atom stereocenters. The van der Waals surface area contributed by atoms with Gasteiger partial charge in [-0.2, -0.15) is 0 Å². The molecule has 4 aliphatic rings. The fourth-order valence-electron chi connectivity index (χ4n) is 6.70. The number of nitrogens with two attached hydrogens (primary N) is 1. The maximum atomic E-state index is 9.00. The Morgan fingerprint density at radius 3 is 1.83 bits per heavy atom. The number of carboxylic acid groups (broad SMARTS) is 1. The average Bonchev–Trinajstić information content (AvgIpc) is 2.45. The summed E-state index contributed by atoms with van der Waals surface area (Å²) in [6.07, 6.45) is 16.6. The quantitative estimate of drug-likeness (QED) is 0.750. The summed E-state index contributed by atoms with van der Waals surface area (Å²) in [7, 11) is 0. The first-order valence-electron chi connectivity index (χ1n) is 9.98. The zero-order valence-corrected chi connectivity index (χ0v) is 14.8. The van der Waals surface area contributed by atoms with Gasteiger partial charge in [0.15, 0.2) is 0 Å². The lowest BCUT2D eigenvalue weighted by Gasteiger charge is -2.52. The van der Waals surface area contributed by atoms with Crippen molar-refractivity contribution in [3.63, 3.8) is 0 Å². The van der Waals surface area contributed by atoms with Crippen LogP contribution < -0.4 is 5.73 Å². The summed E-state index contributed by atoms with van der Waals surface area (Å²) < 4.78 is 0. The highest BCUT2D eigenvalue weighted by Crippen LogP contribution is 2.54. The van der Waals surface area contributed by atoms with Crippen molar-refractivity contribution in [2.45, 2.75) is 83.6 Å². The fourth-order valence-corrected chi connectivity index (χ4v) is 6.70. The zero-order valence-electron chi connectivity index (χ0n) is 14.8. The third-order valence-electron chi connectivity index (χ3n) is 7.16. The molecule has 132 valence electrons. The first kappa shape index (κ1) is 17.3. The largest absolute Gasteiger partial charge is 0.481 e. The van der Waals surface area contributed by atoms with Gasteiger partial charge in [-0.15, -0.1) is 0 Å². The van der Waals surface area contributed by atoms with E-state index in [1.807, 2.05) is 0 Å². The van der Waals surface area contributed by atoms with E-state index in [1.54, 1.807) is 32.1 Å². The number of carbonyl (C=O) groups is 1. The van der Waals surface area contributed by atoms with Crippen LogP contribution in [0.5, 0.6) is 0 Å². The first-order chi connectivity index (χ1) is 11.0. The predicted molar refractivity (Wildman–Crippen MR) is 93.0 cm³/mol. The van der Waals surface area contributed by atoms with Crippen molar-refractivity contribution in [3.8, 4) is 0 Å². The van der Waals surface area contributed by atoms with Crippen LogP contribution in [0.4, 0.5) is 0 Å². The minimum Gasteiger partial charge on any atom is -0.481 e. The molecule has 4 fully saturated rings. The summed E-state index contributed by atoms with van der Waals surface area (Å²) >= 11 is 0. The van der Waals surface area contributed by atoms with Gasteiger partial charge in [-0.25, -0.2) is 0 Å². The zero-order chi connectivity index (χ0) is 16.4. The molecule has 0 heterocycles. The molecule has 4 aliphatic carbocycles. The highest BCUT2D eigenvalue weighted by molar-refractivity contribution is 5.62. The van der Waals surface area contributed by atoms with Crippen molar-refractivity contribution in [1.29, 1.82) is 0 Å². The number of hydrogen-bond donors (Lipinski definition) is 2. The summed E-state index contributed by atoms with van der Waals surface area (Å²) in [6, 6.07) is 0.537. The first-order valence-corrected chi connectivity index (χ1v) is 9.98. The molecule has 3 nitrogen and oxygen atoms in total. The van der Waals surface area contributed by atoms with Crippen LogP contribution in [0.1, 0.15) is 77.6 Å². The van der Waals surface area contributed by atoms with Crippen molar-refractivity contribution in [3.05, 3.63) is 0 Å². The molecule has 23 heavy (non-hydrogen) atoms. The molecular formula is C20H35NO2. The third-order valence-corrected chi connectivity index (χ3v) is 7.16. The fraction of sp³-hybridized carbons (Fsp3) is 0.950. The van der Waals surface area contributed by atoms with Crippen LogP contribution in [0, 0.1) is 35.5 Å². The van der Waals surface area contributed by atoms with Gasteiger partial charge >= 0.3 is 0 Å². The van der Waals surface area contributed by atoms with Crippen LogP contribution in [0.15, 0.2) is 0 Å². The monoisotopic (exact) mass is 321 g/mol. The topological polar surface area (TPSA) is 63.3 Å². The van der Waals surface area contributed by atoms with E-state index >= 15 is 0 Å². The molecule has 0 spiro atoms. The Morgan fingerprint density at radius 1 is 0.826 bits per heavy atom. The SMILES string of the molecule is CC(=O)O.NC1CC2CCCC(C1)C2C1CC2CCCC(C2)C1. The number of hydrogen-bond acceptors (Lipinski definition) is 2. The molecule has 0 saturated heterocycles. The van der Waals surface area contributed by atoms with Gasteiger partial charge in [-0.1, -0.05) is 38.5 Å². The second-order valence-corrected chi connectivity index (χ2v) is 8.91. The molecule has 4 saturated carbocycles. The molecular weight excluding hydrogens is 286 g/mol. The van der Waals surface area contributed by atoms with Crippen molar-refractivity contribution >= 4 is 5.97 Å². The Hall–Kier alpha value is -0.570. The van der Waals surface area contributed by atoms with Gasteiger partial charge < -0.3 is 10.8 Å². The van der Waals surface area contributed by atoms with Crippen LogP contribution in [0.2, 0.25) is 0 Å². The van der Waals surface area contributed by atoms with E-state index in [-0.39, 0.29) is 0 Å². The highest BCUT2D eigenvalue weighted by atomic mass is 16.4. The van der Waals surface area contributed by atoms with E-state index in [4.69, 9.17) is 15.6 Å². The average molecular weight is 322 g/mol. The molecule has 4 unspecified atom stereocenters. The van der Waals surface area contributed by atoms with Crippen LogP contribution in [0.25, 0.3) is 0 Å². The molecule has 4 bridgehead atoms. The summed E-state index contributed by atoms with van der Waals surface area (Å²) in [6.45, 7) is 1.08. The Bertz CT molecular complexity index is 380. The molecule has 4 rings (SSSR count). The molecule has 0 aromatic carbocycles. The Kier molecular flexibility index (Phi) is 5.66. The second-order valence-electron chi connectivity index (χ2n) is 8.91.